The molecular weight excluding hydrogens is 438 g/mol. The van der Waals surface area contributed by atoms with E-state index in [1.54, 1.807) is 0 Å². The fourth-order valence-electron chi connectivity index (χ4n) is 4.83. The Kier molecular flexibility index (Phi) is 6.28. The lowest BCUT2D eigenvalue weighted by Crippen LogP contribution is -2.20. The fraction of sp³-hybridized carbons (Fsp3) is 0.407. The van der Waals surface area contributed by atoms with Crippen molar-refractivity contribution >= 4 is 5.78 Å². The Morgan fingerprint density at radius 1 is 1.00 bits per heavy atom. The zero-order chi connectivity index (χ0) is 24.4. The van der Waals surface area contributed by atoms with Crippen molar-refractivity contribution in [1.29, 1.82) is 0 Å². The highest BCUT2D eigenvalue weighted by Crippen LogP contribution is 2.31. The summed E-state index contributed by atoms with van der Waals surface area (Å²) in [6.07, 6.45) is 5.35. The lowest BCUT2D eigenvalue weighted by atomic mass is 9.86. The Morgan fingerprint density at radius 3 is 2.37 bits per heavy atom. The summed E-state index contributed by atoms with van der Waals surface area (Å²) in [5.41, 5.74) is 3.90. The van der Waals surface area contributed by atoms with E-state index in [0.717, 1.165) is 53.8 Å². The first-order chi connectivity index (χ1) is 16.9. The Balaban J connectivity index is 1.41. The molecule has 0 unspecified atom stereocenters. The van der Waals surface area contributed by atoms with Gasteiger partial charge >= 0.3 is 0 Å². The summed E-state index contributed by atoms with van der Waals surface area (Å²) in [4.78, 5) is 17.9. The number of carbonyl (C=O) groups excluding carboxylic acids is 1. The second-order valence-electron chi connectivity index (χ2n) is 10.3. The predicted molar refractivity (Wildman–Crippen MR) is 134 cm³/mol. The van der Waals surface area contributed by atoms with E-state index in [0.29, 0.717) is 18.2 Å². The normalized spacial score (nSPS) is 14.8. The molecule has 1 fully saturated rings. The highest BCUT2D eigenvalue weighted by molar-refractivity contribution is 5.94. The van der Waals surface area contributed by atoms with Crippen molar-refractivity contribution in [2.24, 2.45) is 5.92 Å². The van der Waals surface area contributed by atoms with Gasteiger partial charge in [-0.3, -0.25) is 4.79 Å². The molecule has 0 atom stereocenters. The van der Waals surface area contributed by atoms with Gasteiger partial charge in [-0.15, -0.1) is 15.3 Å². The SMILES string of the molecule is CC(C)(C)c1nc(C(=O)C2CCCCC2)nn1Cc1ccc(-c2ccccc2-c2nn[nH]n2)cc1. The summed E-state index contributed by atoms with van der Waals surface area (Å²) in [6.45, 7) is 6.89. The lowest BCUT2D eigenvalue weighted by Gasteiger charge is -2.18. The van der Waals surface area contributed by atoms with Gasteiger partial charge in [0.2, 0.25) is 17.4 Å². The smallest absolute Gasteiger partial charge is 0.217 e. The summed E-state index contributed by atoms with van der Waals surface area (Å²) in [5, 5.41) is 19.2. The molecule has 0 aliphatic heterocycles. The Bertz CT molecular complexity index is 1290. The minimum Gasteiger partial charge on any atom is -0.290 e. The number of nitrogens with one attached hydrogen (secondary N) is 1. The molecule has 1 N–H and O–H groups in total. The van der Waals surface area contributed by atoms with Gasteiger partial charge in [-0.1, -0.05) is 88.6 Å². The predicted octanol–water partition coefficient (Wildman–Crippen LogP) is 5.23. The van der Waals surface area contributed by atoms with Gasteiger partial charge in [0, 0.05) is 16.9 Å². The van der Waals surface area contributed by atoms with Crippen molar-refractivity contribution < 1.29 is 4.79 Å². The molecule has 2 heterocycles. The van der Waals surface area contributed by atoms with Crippen LogP contribution in [0.3, 0.4) is 0 Å². The summed E-state index contributed by atoms with van der Waals surface area (Å²) < 4.78 is 1.90. The van der Waals surface area contributed by atoms with Crippen LogP contribution in [0.15, 0.2) is 48.5 Å². The maximum Gasteiger partial charge on any atom is 0.217 e. The van der Waals surface area contributed by atoms with E-state index in [1.807, 2.05) is 22.9 Å². The first kappa shape index (κ1) is 23.1. The van der Waals surface area contributed by atoms with Gasteiger partial charge in [0.1, 0.15) is 5.82 Å². The molecule has 1 aliphatic rings. The first-order valence-corrected chi connectivity index (χ1v) is 12.3. The molecule has 0 amide bonds. The van der Waals surface area contributed by atoms with Gasteiger partial charge in [0.25, 0.3) is 0 Å². The van der Waals surface area contributed by atoms with Crippen molar-refractivity contribution in [3.8, 4) is 22.5 Å². The van der Waals surface area contributed by atoms with Gasteiger partial charge < -0.3 is 0 Å². The molecule has 5 rings (SSSR count). The first-order valence-electron chi connectivity index (χ1n) is 12.3. The molecular formula is C27H31N7O. The number of benzene rings is 2. The Labute approximate surface area is 205 Å². The molecule has 180 valence electrons. The van der Waals surface area contributed by atoms with E-state index in [-0.39, 0.29) is 17.1 Å². The van der Waals surface area contributed by atoms with Crippen LogP contribution in [-0.4, -0.2) is 41.2 Å². The van der Waals surface area contributed by atoms with Crippen LogP contribution in [0, 0.1) is 5.92 Å². The summed E-state index contributed by atoms with van der Waals surface area (Å²) in [7, 11) is 0. The third-order valence-corrected chi connectivity index (χ3v) is 6.65. The number of hydrogen-bond donors (Lipinski definition) is 1. The number of aromatic amines is 1. The third kappa shape index (κ3) is 4.92. The van der Waals surface area contributed by atoms with Gasteiger partial charge in [-0.2, -0.15) is 5.21 Å². The third-order valence-electron chi connectivity index (χ3n) is 6.65. The molecule has 2 aromatic carbocycles. The van der Waals surface area contributed by atoms with Crippen molar-refractivity contribution in [2.75, 3.05) is 0 Å². The zero-order valence-corrected chi connectivity index (χ0v) is 20.5. The number of nitrogens with zero attached hydrogens (tertiary/aromatic N) is 6. The van der Waals surface area contributed by atoms with E-state index < -0.39 is 0 Å². The van der Waals surface area contributed by atoms with Crippen LogP contribution in [0.4, 0.5) is 0 Å². The Hall–Kier alpha value is -3.68. The van der Waals surface area contributed by atoms with Gasteiger partial charge in [-0.25, -0.2) is 9.67 Å². The summed E-state index contributed by atoms with van der Waals surface area (Å²) in [5.74, 6) is 1.93. The molecule has 8 nitrogen and oxygen atoms in total. The van der Waals surface area contributed by atoms with Crippen LogP contribution in [-0.2, 0) is 12.0 Å². The molecule has 4 aromatic rings. The minimum atomic E-state index is -0.221. The maximum absolute atomic E-state index is 13.1. The average Bonchev–Trinajstić information content (AvgIpc) is 3.55. The van der Waals surface area contributed by atoms with E-state index in [9.17, 15) is 4.79 Å². The van der Waals surface area contributed by atoms with Crippen LogP contribution >= 0.6 is 0 Å². The number of H-pyrrole nitrogens is 1. The summed E-state index contributed by atoms with van der Waals surface area (Å²) >= 11 is 0. The fourth-order valence-corrected chi connectivity index (χ4v) is 4.83. The highest BCUT2D eigenvalue weighted by Gasteiger charge is 2.29. The van der Waals surface area contributed by atoms with E-state index in [1.165, 1.54) is 6.42 Å². The average molecular weight is 470 g/mol. The molecule has 1 aliphatic carbocycles. The van der Waals surface area contributed by atoms with Gasteiger partial charge in [-0.05, 0) is 34.7 Å². The second-order valence-corrected chi connectivity index (χ2v) is 10.3. The van der Waals surface area contributed by atoms with Gasteiger partial charge in [0.05, 0.1) is 6.54 Å². The summed E-state index contributed by atoms with van der Waals surface area (Å²) in [6, 6.07) is 16.4. The number of tetrazole rings is 1. The van der Waals surface area contributed by atoms with Gasteiger partial charge in [0.15, 0.2) is 0 Å². The second kappa shape index (κ2) is 9.52. The van der Waals surface area contributed by atoms with Crippen molar-refractivity contribution in [2.45, 2.75) is 64.8 Å². The molecule has 0 bridgehead atoms. The van der Waals surface area contributed by atoms with Crippen LogP contribution in [0.1, 0.15) is 74.9 Å². The van der Waals surface area contributed by atoms with Crippen molar-refractivity contribution in [3.05, 3.63) is 65.7 Å². The highest BCUT2D eigenvalue weighted by atomic mass is 16.1. The molecule has 2 aromatic heterocycles. The molecule has 0 spiro atoms. The van der Waals surface area contributed by atoms with Crippen molar-refractivity contribution in [1.82, 2.24) is 35.4 Å². The number of rotatable bonds is 6. The zero-order valence-electron chi connectivity index (χ0n) is 20.5. The van der Waals surface area contributed by atoms with Crippen LogP contribution < -0.4 is 0 Å². The topological polar surface area (TPSA) is 102 Å². The monoisotopic (exact) mass is 469 g/mol. The number of carbonyl (C=O) groups is 1. The largest absolute Gasteiger partial charge is 0.290 e. The quantitative estimate of drug-likeness (QED) is 0.388. The van der Waals surface area contributed by atoms with Crippen LogP contribution in [0.2, 0.25) is 0 Å². The molecule has 1 saturated carbocycles. The van der Waals surface area contributed by atoms with E-state index in [4.69, 9.17) is 10.1 Å². The maximum atomic E-state index is 13.1. The lowest BCUT2D eigenvalue weighted by molar-refractivity contribution is 0.0878. The molecule has 35 heavy (non-hydrogen) atoms. The minimum absolute atomic E-state index is 0.0611. The number of Topliss-reactive ketones (excluding diaryl/α,β-unsaturated/α-hetero) is 1. The molecule has 8 heteroatoms. The molecule has 0 saturated heterocycles. The van der Waals surface area contributed by atoms with Crippen LogP contribution in [0.25, 0.3) is 22.5 Å². The molecule has 0 radical (unpaired) electrons. The number of hydrogen-bond acceptors (Lipinski definition) is 6. The van der Waals surface area contributed by atoms with E-state index in [2.05, 4.69) is 71.7 Å². The van der Waals surface area contributed by atoms with Crippen LogP contribution in [0.5, 0.6) is 0 Å². The van der Waals surface area contributed by atoms with Crippen molar-refractivity contribution in [3.63, 3.8) is 0 Å². The number of ketones is 1. The van der Waals surface area contributed by atoms with E-state index >= 15 is 0 Å². The standard InChI is InChI=1S/C27H31N7O/c1-27(2,3)26-28-25(23(35)20-9-5-4-6-10-20)31-34(26)17-18-13-15-19(16-14-18)21-11-7-8-12-22(21)24-29-32-33-30-24/h7-8,11-16,20H,4-6,9-10,17H2,1-3H3,(H,29,30,32,33). The Morgan fingerprint density at radius 2 is 1.71 bits per heavy atom. The number of aromatic nitrogens is 7.